The second-order valence-corrected chi connectivity index (χ2v) is 15.9. The zero-order chi connectivity index (χ0) is 10.9. The van der Waals surface area contributed by atoms with Crippen LogP contribution in [-0.2, 0) is 22.7 Å². The first-order valence-corrected chi connectivity index (χ1v) is 12.6. The fourth-order valence-electron chi connectivity index (χ4n) is 1.37. The molecule has 17 heavy (non-hydrogen) atoms. The molecule has 1 atom stereocenters. The van der Waals surface area contributed by atoms with Gasteiger partial charge in [-0.3, -0.25) is 0 Å². The molecular formula is C6H12Ge3O8. The standard InChI is InChI=1S/C6H8Ge3O6.2H2O/c7-14-9(4-2-6(11)13-9)15-8-3-1-5(10)12-8;;/h1-4H2;2*1H2. The van der Waals surface area contributed by atoms with Gasteiger partial charge in [0.1, 0.15) is 0 Å². The third kappa shape index (κ3) is 4.22. The average molecular weight is 430 g/mol. The van der Waals surface area contributed by atoms with Crippen LogP contribution >= 0.6 is 0 Å². The van der Waals surface area contributed by atoms with Crippen LogP contribution in [0.1, 0.15) is 12.8 Å². The molecule has 0 aliphatic carbocycles. The van der Waals surface area contributed by atoms with Gasteiger partial charge in [0.05, 0.1) is 0 Å². The molecule has 2 rings (SSSR count). The molecule has 2 heterocycles. The van der Waals surface area contributed by atoms with Crippen LogP contribution in [0.4, 0.5) is 0 Å². The normalized spacial score (nSPS) is 28.1. The molecule has 96 valence electrons. The third-order valence-corrected chi connectivity index (χ3v) is 18.4. The Hall–Kier alpha value is 0.409. The molecule has 1 unspecified atom stereocenters. The van der Waals surface area contributed by atoms with E-state index in [0.717, 1.165) is 0 Å². The summed E-state index contributed by atoms with van der Waals surface area (Å²) in [5, 5.41) is 1.22. The number of hydrogen-bond acceptors (Lipinski definition) is 6. The molecule has 0 spiro atoms. The Balaban J connectivity index is 0.00000128. The van der Waals surface area contributed by atoms with Crippen molar-refractivity contribution in [3.8, 4) is 0 Å². The molecule has 4 radical (unpaired) electrons. The first-order valence-electron chi connectivity index (χ1n) is 4.46. The van der Waals surface area contributed by atoms with E-state index in [1.807, 2.05) is 0 Å². The summed E-state index contributed by atoms with van der Waals surface area (Å²) in [4.78, 5) is 21.9. The molecule has 0 bridgehead atoms. The quantitative estimate of drug-likeness (QED) is 0.466. The fourth-order valence-corrected chi connectivity index (χ4v) is 18.4. The third-order valence-electron chi connectivity index (χ3n) is 2.09. The van der Waals surface area contributed by atoms with Crippen LogP contribution in [0.5, 0.6) is 0 Å². The Labute approximate surface area is 115 Å². The van der Waals surface area contributed by atoms with Crippen LogP contribution in [0.15, 0.2) is 0 Å². The van der Waals surface area contributed by atoms with Crippen molar-refractivity contribution in [3.63, 3.8) is 0 Å². The maximum atomic E-state index is 11.0. The zero-order valence-corrected chi connectivity index (χ0v) is 15.1. The molecular weight excluding hydrogens is 418 g/mol. The van der Waals surface area contributed by atoms with Crippen molar-refractivity contribution in [2.45, 2.75) is 23.3 Å². The minimum atomic E-state index is -3.35. The zero-order valence-electron chi connectivity index (χ0n) is 8.78. The van der Waals surface area contributed by atoms with E-state index in [0.29, 0.717) is 23.3 Å². The van der Waals surface area contributed by atoms with E-state index in [1.165, 1.54) is 16.9 Å². The summed E-state index contributed by atoms with van der Waals surface area (Å²) in [5.41, 5.74) is 0. The fraction of sp³-hybridized carbons (Fsp3) is 0.667. The summed E-state index contributed by atoms with van der Waals surface area (Å²) >= 11 is -4.10. The van der Waals surface area contributed by atoms with E-state index in [-0.39, 0.29) is 22.9 Å². The first-order chi connectivity index (χ1) is 7.13. The molecule has 0 aromatic rings. The molecule has 2 aliphatic heterocycles. The van der Waals surface area contributed by atoms with E-state index in [2.05, 4.69) is 0 Å². The Kier molecular flexibility index (Phi) is 7.28. The summed E-state index contributed by atoms with van der Waals surface area (Å²) in [7, 11) is 0. The van der Waals surface area contributed by atoms with Gasteiger partial charge in [-0.1, -0.05) is 0 Å². The Bertz CT molecular complexity index is 299. The first kappa shape index (κ1) is 17.4. The summed E-state index contributed by atoms with van der Waals surface area (Å²) in [5.74, 6) is -0.469. The van der Waals surface area contributed by atoms with E-state index in [4.69, 9.17) is 13.1 Å². The van der Waals surface area contributed by atoms with E-state index >= 15 is 0 Å². The number of carbonyl (C=O) groups excluding carboxylic acids is 2. The monoisotopic (exact) mass is 434 g/mol. The average Bonchev–Trinajstić information content (AvgIpc) is 2.75. The topological polar surface area (TPSA) is 134 Å². The van der Waals surface area contributed by atoms with E-state index in [9.17, 15) is 9.59 Å². The summed E-state index contributed by atoms with van der Waals surface area (Å²) in [6.45, 7) is 0. The molecule has 0 aromatic carbocycles. The predicted molar refractivity (Wildman–Crippen MR) is 57.7 cm³/mol. The van der Waals surface area contributed by atoms with Gasteiger partial charge in [-0.25, -0.2) is 0 Å². The molecule has 2 aliphatic rings. The Morgan fingerprint density at radius 3 is 2.35 bits per heavy atom. The van der Waals surface area contributed by atoms with Gasteiger partial charge in [0.25, 0.3) is 0 Å². The van der Waals surface area contributed by atoms with Gasteiger partial charge in [-0.15, -0.1) is 0 Å². The second-order valence-electron chi connectivity index (χ2n) is 3.21. The van der Waals surface area contributed by atoms with Crippen molar-refractivity contribution in [2.75, 3.05) is 0 Å². The molecule has 0 aromatic heterocycles. The second kappa shape index (κ2) is 7.11. The molecule has 11 heteroatoms. The minimum absolute atomic E-state index is 0. The summed E-state index contributed by atoms with van der Waals surface area (Å²) < 4.78 is 21.2. The van der Waals surface area contributed by atoms with Gasteiger partial charge in [-0.05, 0) is 0 Å². The van der Waals surface area contributed by atoms with Gasteiger partial charge in [-0.2, -0.15) is 0 Å². The molecule has 0 amide bonds. The molecule has 0 saturated carbocycles. The van der Waals surface area contributed by atoms with Gasteiger partial charge < -0.3 is 11.0 Å². The van der Waals surface area contributed by atoms with Crippen LogP contribution in [0.25, 0.3) is 0 Å². The van der Waals surface area contributed by atoms with Crippen LogP contribution in [0.3, 0.4) is 0 Å². The van der Waals surface area contributed by atoms with Crippen molar-refractivity contribution in [1.29, 1.82) is 0 Å². The van der Waals surface area contributed by atoms with Crippen molar-refractivity contribution in [1.82, 2.24) is 0 Å². The van der Waals surface area contributed by atoms with Crippen LogP contribution in [0.2, 0.25) is 10.5 Å². The van der Waals surface area contributed by atoms with Crippen LogP contribution in [0, 0.1) is 0 Å². The Morgan fingerprint density at radius 2 is 1.94 bits per heavy atom. The summed E-state index contributed by atoms with van der Waals surface area (Å²) in [6.07, 6.45) is 0.776. The number of hydrogen-bond donors (Lipinski definition) is 0. The Morgan fingerprint density at radius 1 is 1.24 bits per heavy atom. The van der Waals surface area contributed by atoms with Gasteiger partial charge in [0.15, 0.2) is 0 Å². The molecule has 4 N–H and O–H groups in total. The molecule has 2 saturated heterocycles. The molecule has 2 fully saturated rings. The predicted octanol–water partition coefficient (Wildman–Crippen LogP) is -2.23. The maximum absolute atomic E-state index is 11.0. The van der Waals surface area contributed by atoms with Crippen LogP contribution in [-0.4, -0.2) is 69.0 Å². The van der Waals surface area contributed by atoms with Gasteiger partial charge >= 0.3 is 104 Å². The molecule has 8 nitrogen and oxygen atoms in total. The van der Waals surface area contributed by atoms with Gasteiger partial charge in [0.2, 0.25) is 0 Å². The number of carbonyl (C=O) groups is 2. The van der Waals surface area contributed by atoms with Crippen molar-refractivity contribution in [3.05, 3.63) is 0 Å². The van der Waals surface area contributed by atoms with E-state index < -0.39 is 29.3 Å². The SMILES string of the molecule is O.O.O=C1C[CH2][Ge]([O][Ge]2([O][Ge])[CH2]CC(=O)[O]2)[O]1. The van der Waals surface area contributed by atoms with Crippen LogP contribution < -0.4 is 0 Å². The summed E-state index contributed by atoms with van der Waals surface area (Å²) in [6, 6.07) is 0. The van der Waals surface area contributed by atoms with Crippen molar-refractivity contribution in [2.24, 2.45) is 0 Å². The van der Waals surface area contributed by atoms with Crippen molar-refractivity contribution >= 4 is 58.1 Å². The van der Waals surface area contributed by atoms with Crippen molar-refractivity contribution < 1.29 is 33.6 Å². The van der Waals surface area contributed by atoms with Gasteiger partial charge in [0, 0.05) is 0 Å². The van der Waals surface area contributed by atoms with E-state index in [1.54, 1.807) is 0 Å². The number of rotatable bonds is 3.